The minimum absolute atomic E-state index is 0.381. The second kappa shape index (κ2) is 2.62. The van der Waals surface area contributed by atoms with E-state index in [1.807, 2.05) is 25.1 Å². The molecule has 0 spiro atoms. The van der Waals surface area contributed by atoms with Crippen molar-refractivity contribution in [3.63, 3.8) is 0 Å². The summed E-state index contributed by atoms with van der Waals surface area (Å²) in [6.45, 7) is 0. The summed E-state index contributed by atoms with van der Waals surface area (Å²) in [6.07, 6.45) is 1.67. The lowest BCUT2D eigenvalue weighted by Crippen LogP contribution is -2.09. The maximum atomic E-state index is 5.64. The Balaban J connectivity index is 2.80. The number of nitrogens with zero attached hydrogens (tertiary/aromatic N) is 3. The monoisotopic (exact) mass is 178 g/mol. The smallest absolute Gasteiger partial charge is 0.262 e. The zero-order valence-corrected chi connectivity index (χ0v) is 7.48. The molecule has 0 unspecified atom stereocenters. The fourth-order valence-corrected chi connectivity index (χ4v) is 1.25. The largest absolute Gasteiger partial charge is 0.380 e. The van der Waals surface area contributed by atoms with Crippen LogP contribution in [0.2, 0.25) is 0 Å². The topological polar surface area (TPSA) is 68.2 Å². The minimum atomic E-state index is 0.381. The van der Waals surface area contributed by atoms with Crippen LogP contribution in [-0.2, 0) is 0 Å². The van der Waals surface area contributed by atoms with E-state index in [4.69, 9.17) is 10.3 Å². The van der Waals surface area contributed by atoms with Crippen LogP contribution in [0.25, 0.3) is 11.1 Å². The summed E-state index contributed by atoms with van der Waals surface area (Å²) in [6, 6.07) is 1.87. The molecule has 0 aliphatic carbocycles. The van der Waals surface area contributed by atoms with E-state index in [1.165, 1.54) is 0 Å². The van der Waals surface area contributed by atoms with Gasteiger partial charge < -0.3 is 15.2 Å². The SMILES string of the molecule is CN(C)c1ccnc2onc(N)c12. The number of hydrogen-bond acceptors (Lipinski definition) is 5. The summed E-state index contributed by atoms with van der Waals surface area (Å²) in [5.41, 5.74) is 7.08. The highest BCUT2D eigenvalue weighted by atomic mass is 16.5. The highest BCUT2D eigenvalue weighted by molar-refractivity contribution is 5.96. The number of nitrogen functional groups attached to an aromatic ring is 1. The van der Waals surface area contributed by atoms with E-state index in [9.17, 15) is 0 Å². The van der Waals surface area contributed by atoms with Gasteiger partial charge >= 0.3 is 0 Å². The van der Waals surface area contributed by atoms with Gasteiger partial charge in [0.2, 0.25) is 0 Å². The fourth-order valence-electron chi connectivity index (χ4n) is 1.25. The molecule has 2 rings (SSSR count). The van der Waals surface area contributed by atoms with Crippen molar-refractivity contribution in [2.45, 2.75) is 0 Å². The zero-order chi connectivity index (χ0) is 9.42. The number of pyridine rings is 1. The van der Waals surface area contributed by atoms with E-state index in [-0.39, 0.29) is 0 Å². The maximum absolute atomic E-state index is 5.64. The molecule has 0 fully saturated rings. The number of nitrogens with two attached hydrogens (primary N) is 1. The Morgan fingerprint density at radius 3 is 2.92 bits per heavy atom. The van der Waals surface area contributed by atoms with Crippen LogP contribution in [0.1, 0.15) is 0 Å². The molecule has 5 heteroatoms. The molecule has 0 radical (unpaired) electrons. The highest BCUT2D eigenvalue weighted by Gasteiger charge is 2.11. The van der Waals surface area contributed by atoms with Crippen LogP contribution < -0.4 is 10.6 Å². The third-order valence-electron chi connectivity index (χ3n) is 1.86. The first kappa shape index (κ1) is 7.85. The molecule has 13 heavy (non-hydrogen) atoms. The van der Waals surface area contributed by atoms with Gasteiger partial charge in [0.25, 0.3) is 5.71 Å². The molecule has 2 N–H and O–H groups in total. The standard InChI is InChI=1S/C8H10N4O/c1-12(2)5-3-4-10-8-6(5)7(9)11-13-8/h3-4H,1-2H3,(H2,9,11). The van der Waals surface area contributed by atoms with Crippen molar-refractivity contribution in [1.29, 1.82) is 0 Å². The third kappa shape index (κ3) is 1.09. The molecule has 2 aromatic heterocycles. The van der Waals surface area contributed by atoms with Gasteiger partial charge in [-0.25, -0.2) is 4.98 Å². The predicted octanol–water partition coefficient (Wildman–Crippen LogP) is 0.871. The van der Waals surface area contributed by atoms with Crippen molar-refractivity contribution < 1.29 is 4.52 Å². The van der Waals surface area contributed by atoms with Crippen molar-refractivity contribution in [1.82, 2.24) is 10.1 Å². The van der Waals surface area contributed by atoms with Gasteiger partial charge in [0, 0.05) is 20.3 Å². The van der Waals surface area contributed by atoms with Gasteiger partial charge in [-0.15, -0.1) is 0 Å². The average Bonchev–Trinajstić information content (AvgIpc) is 2.48. The van der Waals surface area contributed by atoms with Gasteiger partial charge in [0.05, 0.1) is 5.69 Å². The highest BCUT2D eigenvalue weighted by Crippen LogP contribution is 2.27. The molecule has 0 aromatic carbocycles. The van der Waals surface area contributed by atoms with E-state index < -0.39 is 0 Å². The fraction of sp³-hybridized carbons (Fsp3) is 0.250. The first-order chi connectivity index (χ1) is 6.20. The van der Waals surface area contributed by atoms with Crippen LogP contribution >= 0.6 is 0 Å². The van der Waals surface area contributed by atoms with Gasteiger partial charge in [0.15, 0.2) is 5.82 Å². The second-order valence-corrected chi connectivity index (χ2v) is 2.97. The van der Waals surface area contributed by atoms with Crippen molar-refractivity contribution in [3.05, 3.63) is 12.3 Å². The molecule has 0 bridgehead atoms. The first-order valence-corrected chi connectivity index (χ1v) is 3.87. The van der Waals surface area contributed by atoms with E-state index in [1.54, 1.807) is 6.20 Å². The van der Waals surface area contributed by atoms with Gasteiger partial charge in [0.1, 0.15) is 5.39 Å². The predicted molar refractivity (Wildman–Crippen MR) is 50.5 cm³/mol. The number of fused-ring (bicyclic) bond motifs is 1. The Labute approximate surface area is 75.1 Å². The van der Waals surface area contributed by atoms with Crippen molar-refractivity contribution in [2.24, 2.45) is 0 Å². The molecular formula is C8H10N4O. The van der Waals surface area contributed by atoms with Crippen molar-refractivity contribution in [2.75, 3.05) is 24.7 Å². The molecule has 0 amide bonds. The molecule has 0 saturated carbocycles. The second-order valence-electron chi connectivity index (χ2n) is 2.97. The third-order valence-corrected chi connectivity index (χ3v) is 1.86. The summed E-state index contributed by atoms with van der Waals surface area (Å²) in [7, 11) is 3.86. The van der Waals surface area contributed by atoms with Crippen LogP contribution in [0, 0.1) is 0 Å². The average molecular weight is 178 g/mol. The van der Waals surface area contributed by atoms with E-state index in [0.29, 0.717) is 11.5 Å². The Morgan fingerprint density at radius 1 is 1.46 bits per heavy atom. The molecule has 0 aliphatic heterocycles. The summed E-state index contributed by atoms with van der Waals surface area (Å²) < 4.78 is 4.93. The lowest BCUT2D eigenvalue weighted by Gasteiger charge is -2.12. The summed E-state index contributed by atoms with van der Waals surface area (Å²) in [5, 5.41) is 4.42. The number of hydrogen-bond donors (Lipinski definition) is 1. The van der Waals surface area contributed by atoms with Crippen LogP contribution in [0.4, 0.5) is 11.5 Å². The Hall–Kier alpha value is -1.78. The van der Waals surface area contributed by atoms with Gasteiger partial charge in [-0.3, -0.25) is 0 Å². The molecule has 0 saturated heterocycles. The lowest BCUT2D eigenvalue weighted by atomic mass is 10.2. The molecule has 2 heterocycles. The van der Waals surface area contributed by atoms with E-state index in [2.05, 4.69) is 10.1 Å². The van der Waals surface area contributed by atoms with Crippen molar-refractivity contribution in [3.8, 4) is 0 Å². The number of aromatic nitrogens is 2. The van der Waals surface area contributed by atoms with Gasteiger partial charge in [-0.1, -0.05) is 5.16 Å². The Morgan fingerprint density at radius 2 is 2.23 bits per heavy atom. The van der Waals surface area contributed by atoms with E-state index in [0.717, 1.165) is 11.1 Å². The maximum Gasteiger partial charge on any atom is 0.262 e. The molecule has 5 nitrogen and oxygen atoms in total. The summed E-state index contributed by atoms with van der Waals surface area (Å²) in [4.78, 5) is 5.95. The number of rotatable bonds is 1. The van der Waals surface area contributed by atoms with Gasteiger partial charge in [-0.2, -0.15) is 0 Å². The van der Waals surface area contributed by atoms with Crippen LogP contribution in [0.5, 0.6) is 0 Å². The molecular weight excluding hydrogens is 168 g/mol. The van der Waals surface area contributed by atoms with Crippen molar-refractivity contribution >= 4 is 22.6 Å². The summed E-state index contributed by atoms with van der Waals surface area (Å²) >= 11 is 0. The molecule has 68 valence electrons. The number of anilines is 2. The Bertz CT molecular complexity index is 435. The molecule has 2 aromatic rings. The minimum Gasteiger partial charge on any atom is -0.380 e. The lowest BCUT2D eigenvalue weighted by molar-refractivity contribution is 0.452. The van der Waals surface area contributed by atoms with Crippen LogP contribution in [0.3, 0.4) is 0 Å². The van der Waals surface area contributed by atoms with E-state index >= 15 is 0 Å². The van der Waals surface area contributed by atoms with Crippen LogP contribution in [-0.4, -0.2) is 24.2 Å². The zero-order valence-electron chi connectivity index (χ0n) is 7.48. The molecule has 0 atom stereocenters. The van der Waals surface area contributed by atoms with Crippen LogP contribution in [0.15, 0.2) is 16.8 Å². The Kier molecular flexibility index (Phi) is 1.58. The normalized spacial score (nSPS) is 10.6. The summed E-state index contributed by atoms with van der Waals surface area (Å²) in [5.74, 6) is 0.381. The molecule has 0 aliphatic rings. The quantitative estimate of drug-likeness (QED) is 0.701. The van der Waals surface area contributed by atoms with Gasteiger partial charge in [-0.05, 0) is 6.07 Å². The first-order valence-electron chi connectivity index (χ1n) is 3.87.